The summed E-state index contributed by atoms with van der Waals surface area (Å²) in [4.78, 5) is 26.7. The SMILES string of the molecule is O=c1[nH]c(=O)c2ccc3c4ccccc4[se]c4ccc1c2c43. The van der Waals surface area contributed by atoms with Crippen LogP contribution in [0.2, 0.25) is 0 Å². The average molecular weight is 350 g/mol. The van der Waals surface area contributed by atoms with Gasteiger partial charge in [0.25, 0.3) is 0 Å². The summed E-state index contributed by atoms with van der Waals surface area (Å²) in [7, 11) is 0. The van der Waals surface area contributed by atoms with Crippen LogP contribution in [0, 0.1) is 0 Å². The van der Waals surface area contributed by atoms with Crippen LogP contribution in [0.25, 0.3) is 40.8 Å². The molecule has 5 aromatic rings. The first kappa shape index (κ1) is 12.2. The minimum absolute atomic E-state index is 0.192. The molecule has 0 bridgehead atoms. The fourth-order valence-corrected chi connectivity index (χ4v) is 5.64. The van der Waals surface area contributed by atoms with E-state index in [1.807, 2.05) is 30.3 Å². The van der Waals surface area contributed by atoms with E-state index in [0.29, 0.717) is 10.8 Å². The quantitative estimate of drug-likeness (QED) is 0.265. The van der Waals surface area contributed by atoms with Crippen LogP contribution < -0.4 is 11.1 Å². The van der Waals surface area contributed by atoms with Gasteiger partial charge in [-0.1, -0.05) is 0 Å². The van der Waals surface area contributed by atoms with Crippen LogP contribution in [0.5, 0.6) is 0 Å². The molecule has 0 radical (unpaired) electrons. The Morgan fingerprint density at radius 2 is 1.32 bits per heavy atom. The van der Waals surface area contributed by atoms with Crippen molar-refractivity contribution in [1.29, 1.82) is 0 Å². The number of nitrogens with one attached hydrogen (secondary N) is 1. The Morgan fingerprint density at radius 3 is 2.14 bits per heavy atom. The molecule has 0 unspecified atom stereocenters. The predicted octanol–water partition coefficient (Wildman–Crippen LogP) is 2.84. The third-order valence-corrected chi connectivity index (χ3v) is 6.62. The summed E-state index contributed by atoms with van der Waals surface area (Å²) >= 11 is 0.192. The van der Waals surface area contributed by atoms with Crippen LogP contribution in [-0.2, 0) is 0 Å². The Labute approximate surface area is 129 Å². The molecule has 1 N–H and O–H groups in total. The number of benzene rings is 3. The van der Waals surface area contributed by atoms with Crippen LogP contribution in [0.3, 0.4) is 0 Å². The van der Waals surface area contributed by atoms with E-state index >= 15 is 0 Å². The number of hydrogen-bond acceptors (Lipinski definition) is 2. The van der Waals surface area contributed by atoms with Gasteiger partial charge in [0, 0.05) is 0 Å². The summed E-state index contributed by atoms with van der Waals surface area (Å²) in [5.74, 6) is 0. The van der Waals surface area contributed by atoms with Crippen LogP contribution in [0.4, 0.5) is 0 Å². The van der Waals surface area contributed by atoms with E-state index in [2.05, 4.69) is 23.2 Å². The molecule has 0 aliphatic rings. The number of H-pyrrole nitrogens is 1. The van der Waals surface area contributed by atoms with Gasteiger partial charge >= 0.3 is 130 Å². The van der Waals surface area contributed by atoms with Crippen molar-refractivity contribution in [1.82, 2.24) is 4.98 Å². The summed E-state index contributed by atoms with van der Waals surface area (Å²) in [6.07, 6.45) is 0. The zero-order valence-corrected chi connectivity index (χ0v) is 13.1. The molecule has 104 valence electrons. The molecule has 0 amide bonds. The van der Waals surface area contributed by atoms with Gasteiger partial charge in [-0.15, -0.1) is 0 Å². The van der Waals surface area contributed by atoms with Crippen LogP contribution >= 0.6 is 0 Å². The van der Waals surface area contributed by atoms with E-state index in [9.17, 15) is 9.59 Å². The van der Waals surface area contributed by atoms with Crippen molar-refractivity contribution < 1.29 is 0 Å². The molecule has 5 rings (SSSR count). The maximum atomic E-state index is 12.1. The molecule has 3 aromatic carbocycles. The van der Waals surface area contributed by atoms with Gasteiger partial charge in [-0.3, -0.25) is 0 Å². The first-order chi connectivity index (χ1) is 10.7. The van der Waals surface area contributed by atoms with Gasteiger partial charge in [-0.05, 0) is 0 Å². The molecule has 0 atom stereocenters. The van der Waals surface area contributed by atoms with Crippen molar-refractivity contribution in [2.45, 2.75) is 0 Å². The Bertz CT molecular complexity index is 1280. The molecule has 2 heterocycles. The number of pyridine rings is 1. The topological polar surface area (TPSA) is 49.9 Å². The van der Waals surface area contributed by atoms with E-state index in [4.69, 9.17) is 0 Å². The molecule has 0 aliphatic heterocycles. The number of aromatic amines is 1. The van der Waals surface area contributed by atoms with E-state index in [1.54, 1.807) is 0 Å². The second-order valence-corrected chi connectivity index (χ2v) is 7.68. The van der Waals surface area contributed by atoms with E-state index in [0.717, 1.165) is 16.2 Å². The molecule has 0 aliphatic carbocycles. The minimum atomic E-state index is -0.299. The number of fused-ring (bicyclic) bond motifs is 2. The molecule has 0 fully saturated rings. The summed E-state index contributed by atoms with van der Waals surface area (Å²) in [6.45, 7) is 0. The summed E-state index contributed by atoms with van der Waals surface area (Å²) in [6, 6.07) is 16.1. The second kappa shape index (κ2) is 4.07. The molecule has 3 nitrogen and oxygen atoms in total. The Balaban J connectivity index is 2.27. The van der Waals surface area contributed by atoms with Crippen molar-refractivity contribution in [3.63, 3.8) is 0 Å². The van der Waals surface area contributed by atoms with E-state index < -0.39 is 0 Å². The third-order valence-electron chi connectivity index (χ3n) is 4.24. The zero-order valence-electron chi connectivity index (χ0n) is 11.3. The molecule has 0 saturated heterocycles. The Morgan fingerprint density at radius 1 is 0.636 bits per heavy atom. The summed E-state index contributed by atoms with van der Waals surface area (Å²) < 4.78 is 2.58. The number of aromatic nitrogens is 1. The van der Waals surface area contributed by atoms with Crippen LogP contribution in [0.1, 0.15) is 0 Å². The molecule has 4 heteroatoms. The Kier molecular flexibility index (Phi) is 2.25. The summed E-state index contributed by atoms with van der Waals surface area (Å²) in [5, 5.41) is 5.45. The van der Waals surface area contributed by atoms with Gasteiger partial charge in [0.2, 0.25) is 0 Å². The molecule has 0 saturated carbocycles. The number of rotatable bonds is 0. The first-order valence-corrected chi connectivity index (χ1v) is 8.68. The average Bonchev–Trinajstić information content (AvgIpc) is 2.54. The van der Waals surface area contributed by atoms with Crippen LogP contribution in [-0.4, -0.2) is 19.5 Å². The van der Waals surface area contributed by atoms with Crippen molar-refractivity contribution in [3.05, 3.63) is 69.2 Å². The van der Waals surface area contributed by atoms with Gasteiger partial charge in [-0.2, -0.15) is 0 Å². The first-order valence-electron chi connectivity index (χ1n) is 6.97. The third kappa shape index (κ3) is 1.41. The molecule has 0 spiro atoms. The molecular formula is C18H9NO2Se. The summed E-state index contributed by atoms with van der Waals surface area (Å²) in [5.41, 5.74) is -0.597. The van der Waals surface area contributed by atoms with Gasteiger partial charge in [-0.25, -0.2) is 0 Å². The fraction of sp³-hybridized carbons (Fsp3) is 0. The van der Waals surface area contributed by atoms with Crippen molar-refractivity contribution in [3.8, 4) is 0 Å². The second-order valence-electron chi connectivity index (χ2n) is 5.40. The van der Waals surface area contributed by atoms with Crippen molar-refractivity contribution >= 4 is 55.3 Å². The fourth-order valence-electron chi connectivity index (χ4n) is 3.29. The Hall–Kier alpha value is -2.42. The number of hydrogen-bond donors (Lipinski definition) is 1. The molecule has 22 heavy (non-hydrogen) atoms. The molecule has 2 aromatic heterocycles. The van der Waals surface area contributed by atoms with Crippen molar-refractivity contribution in [2.24, 2.45) is 0 Å². The van der Waals surface area contributed by atoms with Gasteiger partial charge < -0.3 is 0 Å². The van der Waals surface area contributed by atoms with Gasteiger partial charge in [0.05, 0.1) is 0 Å². The normalized spacial score (nSPS) is 12.0. The van der Waals surface area contributed by atoms with E-state index in [-0.39, 0.29) is 25.6 Å². The zero-order chi connectivity index (χ0) is 14.8. The van der Waals surface area contributed by atoms with Crippen LogP contribution in [0.15, 0.2) is 58.1 Å². The van der Waals surface area contributed by atoms with E-state index in [1.165, 1.54) is 13.9 Å². The monoisotopic (exact) mass is 351 g/mol. The van der Waals surface area contributed by atoms with Gasteiger partial charge in [0.1, 0.15) is 0 Å². The maximum absolute atomic E-state index is 12.1. The van der Waals surface area contributed by atoms with Gasteiger partial charge in [0.15, 0.2) is 0 Å². The molecular weight excluding hydrogens is 341 g/mol. The predicted molar refractivity (Wildman–Crippen MR) is 91.5 cm³/mol. The standard InChI is InChI=1S/C18H9NO2Se/c20-17-11-6-5-10-9-3-1-2-4-13(9)22-14-8-7-12(18(21)19-17)15(11)16(10)14/h1-8H,(H,19,20,21). The van der Waals surface area contributed by atoms with Crippen molar-refractivity contribution in [2.75, 3.05) is 0 Å².